The molecule has 0 spiro atoms. The number of carbonyl (C=O) groups excluding carboxylic acids is 2. The summed E-state index contributed by atoms with van der Waals surface area (Å²) in [6, 6.07) is 6.99. The highest BCUT2D eigenvalue weighted by atomic mass is 16.6. The summed E-state index contributed by atoms with van der Waals surface area (Å²) < 4.78 is 12.2. The first-order chi connectivity index (χ1) is 14.9. The molecule has 4 bridgehead atoms. The Morgan fingerprint density at radius 3 is 1.38 bits per heavy atom. The van der Waals surface area contributed by atoms with E-state index in [1.165, 1.54) is 12.8 Å². The molecule has 0 amide bonds. The molecule has 4 saturated carbocycles. The molecule has 4 aliphatic carbocycles. The molecule has 0 N–H and O–H groups in total. The standard InChI is InChI=1S/C28H38O4/c1-25(2)17-11-13-27(25,5)21(15-17)31-23(29)19-9-7-8-10-20(19)24(30)32-22-16-18-12-14-28(22,6)26(18,3)4/h7-10,17-18,21-22H,11-16H2,1-6H3. The highest BCUT2D eigenvalue weighted by molar-refractivity contribution is 6.03. The Hall–Kier alpha value is -1.84. The van der Waals surface area contributed by atoms with Crippen LogP contribution >= 0.6 is 0 Å². The maximum atomic E-state index is 13.3. The molecule has 4 aliphatic rings. The zero-order valence-corrected chi connectivity index (χ0v) is 20.5. The van der Waals surface area contributed by atoms with Gasteiger partial charge in [0, 0.05) is 10.8 Å². The van der Waals surface area contributed by atoms with E-state index in [1.54, 1.807) is 24.3 Å². The second-order valence-corrected chi connectivity index (χ2v) is 12.6. The average molecular weight is 439 g/mol. The number of ether oxygens (including phenoxy) is 2. The Kier molecular flexibility index (Phi) is 4.69. The van der Waals surface area contributed by atoms with E-state index >= 15 is 0 Å². The largest absolute Gasteiger partial charge is 0.458 e. The molecule has 6 atom stereocenters. The second kappa shape index (κ2) is 6.84. The van der Waals surface area contributed by atoms with Crippen LogP contribution in [-0.4, -0.2) is 24.1 Å². The molecule has 5 rings (SSSR count). The molecule has 174 valence electrons. The monoisotopic (exact) mass is 438 g/mol. The summed E-state index contributed by atoms with van der Waals surface area (Å²) in [5.41, 5.74) is 0.974. The van der Waals surface area contributed by atoms with E-state index in [4.69, 9.17) is 9.47 Å². The van der Waals surface area contributed by atoms with Crippen LogP contribution < -0.4 is 0 Å². The van der Waals surface area contributed by atoms with Crippen molar-refractivity contribution in [2.45, 2.75) is 92.3 Å². The molecular weight excluding hydrogens is 400 g/mol. The number of fused-ring (bicyclic) bond motifs is 4. The van der Waals surface area contributed by atoms with Crippen LogP contribution in [0.1, 0.15) is 101 Å². The third-order valence-electron chi connectivity index (χ3n) is 11.3. The number of esters is 2. The number of rotatable bonds is 4. The zero-order valence-electron chi connectivity index (χ0n) is 20.5. The number of carbonyl (C=O) groups is 2. The minimum atomic E-state index is -0.397. The maximum Gasteiger partial charge on any atom is 0.339 e. The zero-order chi connectivity index (χ0) is 23.1. The maximum absolute atomic E-state index is 13.3. The van der Waals surface area contributed by atoms with Crippen LogP contribution in [0.5, 0.6) is 0 Å². The Morgan fingerprint density at radius 2 is 1.09 bits per heavy atom. The predicted molar refractivity (Wildman–Crippen MR) is 123 cm³/mol. The van der Waals surface area contributed by atoms with Gasteiger partial charge in [-0.05, 0) is 73.3 Å². The van der Waals surface area contributed by atoms with Crippen molar-refractivity contribution in [3.8, 4) is 0 Å². The molecule has 0 saturated heterocycles. The van der Waals surface area contributed by atoms with Crippen LogP contribution in [0.3, 0.4) is 0 Å². The third-order valence-corrected chi connectivity index (χ3v) is 11.3. The van der Waals surface area contributed by atoms with Crippen molar-refractivity contribution < 1.29 is 19.1 Å². The van der Waals surface area contributed by atoms with Gasteiger partial charge in [0.25, 0.3) is 0 Å². The van der Waals surface area contributed by atoms with E-state index in [1.807, 2.05) is 0 Å². The average Bonchev–Trinajstić information content (AvgIpc) is 3.25. The van der Waals surface area contributed by atoms with Crippen molar-refractivity contribution in [1.82, 2.24) is 0 Å². The first-order valence-corrected chi connectivity index (χ1v) is 12.4. The van der Waals surface area contributed by atoms with Gasteiger partial charge in [0.15, 0.2) is 0 Å². The smallest absolute Gasteiger partial charge is 0.339 e. The van der Waals surface area contributed by atoms with Crippen molar-refractivity contribution >= 4 is 11.9 Å². The van der Waals surface area contributed by atoms with E-state index in [0.717, 1.165) is 25.7 Å². The van der Waals surface area contributed by atoms with E-state index in [-0.39, 0.29) is 33.9 Å². The summed E-state index contributed by atoms with van der Waals surface area (Å²) in [7, 11) is 0. The molecule has 4 nitrogen and oxygen atoms in total. The van der Waals surface area contributed by atoms with Crippen molar-refractivity contribution in [2.24, 2.45) is 33.5 Å². The van der Waals surface area contributed by atoms with Gasteiger partial charge in [0.05, 0.1) is 11.1 Å². The fraction of sp³-hybridized carbons (Fsp3) is 0.714. The molecule has 1 aromatic carbocycles. The Morgan fingerprint density at radius 1 is 0.719 bits per heavy atom. The summed E-state index contributed by atoms with van der Waals surface area (Å²) in [6.07, 6.45) is 6.22. The summed E-state index contributed by atoms with van der Waals surface area (Å²) in [6.45, 7) is 13.7. The molecular formula is C28H38O4. The lowest BCUT2D eigenvalue weighted by Gasteiger charge is -2.38. The lowest BCUT2D eigenvalue weighted by molar-refractivity contribution is -0.0275. The van der Waals surface area contributed by atoms with Crippen molar-refractivity contribution in [3.05, 3.63) is 35.4 Å². The lowest BCUT2D eigenvalue weighted by atomic mass is 9.70. The predicted octanol–water partition coefficient (Wildman–Crippen LogP) is 6.43. The second-order valence-electron chi connectivity index (χ2n) is 12.6. The fourth-order valence-corrected chi connectivity index (χ4v) is 7.84. The molecule has 4 fully saturated rings. The number of hydrogen-bond donors (Lipinski definition) is 0. The number of benzene rings is 1. The fourth-order valence-electron chi connectivity index (χ4n) is 7.84. The first kappa shape index (κ1) is 22.0. The minimum Gasteiger partial charge on any atom is -0.458 e. The van der Waals surface area contributed by atoms with Crippen LogP contribution in [0.2, 0.25) is 0 Å². The van der Waals surface area contributed by atoms with Crippen molar-refractivity contribution in [3.63, 3.8) is 0 Å². The van der Waals surface area contributed by atoms with Gasteiger partial charge in [-0.1, -0.05) is 53.7 Å². The Balaban J connectivity index is 1.34. The molecule has 1 aromatic rings. The van der Waals surface area contributed by atoms with E-state index in [0.29, 0.717) is 23.0 Å². The molecule has 0 aliphatic heterocycles. The summed E-state index contributed by atoms with van der Waals surface area (Å²) in [4.78, 5) is 26.5. The van der Waals surface area contributed by atoms with Gasteiger partial charge in [-0.15, -0.1) is 0 Å². The van der Waals surface area contributed by atoms with Crippen molar-refractivity contribution in [2.75, 3.05) is 0 Å². The van der Waals surface area contributed by atoms with Crippen molar-refractivity contribution in [1.29, 1.82) is 0 Å². The van der Waals surface area contributed by atoms with Crippen LogP contribution in [0.4, 0.5) is 0 Å². The molecule has 0 aromatic heterocycles. The van der Waals surface area contributed by atoms with Crippen LogP contribution in [0, 0.1) is 33.5 Å². The van der Waals surface area contributed by atoms with Gasteiger partial charge in [-0.25, -0.2) is 9.59 Å². The SMILES string of the molecule is CC1(C)C2CCC1(C)C(OC(=O)c1ccccc1C(=O)OC1CC3CCC1(C)C3(C)C)C2. The number of hydrogen-bond acceptors (Lipinski definition) is 4. The Labute approximate surface area is 192 Å². The third kappa shape index (κ3) is 2.73. The van der Waals surface area contributed by atoms with Gasteiger partial charge < -0.3 is 9.47 Å². The van der Waals surface area contributed by atoms with Gasteiger partial charge >= 0.3 is 11.9 Å². The molecule has 0 heterocycles. The van der Waals surface area contributed by atoms with Gasteiger partial charge in [0.1, 0.15) is 12.2 Å². The van der Waals surface area contributed by atoms with Gasteiger partial charge in [0.2, 0.25) is 0 Å². The van der Waals surface area contributed by atoms with Crippen LogP contribution in [0.15, 0.2) is 24.3 Å². The normalized spacial score (nSPS) is 40.4. The summed E-state index contributed by atoms with van der Waals surface area (Å²) in [5, 5.41) is 0. The molecule has 4 heteroatoms. The van der Waals surface area contributed by atoms with Crippen LogP contribution in [0.25, 0.3) is 0 Å². The van der Waals surface area contributed by atoms with E-state index in [2.05, 4.69) is 41.5 Å². The highest BCUT2D eigenvalue weighted by Crippen LogP contribution is 2.67. The van der Waals surface area contributed by atoms with Gasteiger partial charge in [-0.2, -0.15) is 0 Å². The Bertz CT molecular complexity index is 885. The molecule has 32 heavy (non-hydrogen) atoms. The lowest BCUT2D eigenvalue weighted by Crippen LogP contribution is -2.39. The first-order valence-electron chi connectivity index (χ1n) is 12.4. The minimum absolute atomic E-state index is 0.00790. The molecule has 6 unspecified atom stereocenters. The molecule has 0 radical (unpaired) electrons. The quantitative estimate of drug-likeness (QED) is 0.508. The van der Waals surface area contributed by atoms with Gasteiger partial charge in [-0.3, -0.25) is 0 Å². The van der Waals surface area contributed by atoms with Crippen LogP contribution in [-0.2, 0) is 9.47 Å². The highest BCUT2D eigenvalue weighted by Gasteiger charge is 2.64. The summed E-state index contributed by atoms with van der Waals surface area (Å²) >= 11 is 0. The van der Waals surface area contributed by atoms with E-state index in [9.17, 15) is 9.59 Å². The topological polar surface area (TPSA) is 52.6 Å². The summed E-state index contributed by atoms with van der Waals surface area (Å²) in [5.74, 6) is 0.387. The van der Waals surface area contributed by atoms with E-state index < -0.39 is 11.9 Å².